The first-order valence-corrected chi connectivity index (χ1v) is 6.11. The molecule has 0 bridgehead atoms. The Balaban J connectivity index is 2.31. The number of nitrogens with one attached hydrogen (secondary N) is 1. The van der Waals surface area contributed by atoms with Crippen LogP contribution in [0.25, 0.3) is 0 Å². The van der Waals surface area contributed by atoms with Crippen molar-refractivity contribution >= 4 is 5.69 Å². The van der Waals surface area contributed by atoms with Crippen LogP contribution in [0.3, 0.4) is 0 Å². The van der Waals surface area contributed by atoms with Gasteiger partial charge in [-0.1, -0.05) is 6.07 Å². The third kappa shape index (κ3) is 3.30. The summed E-state index contributed by atoms with van der Waals surface area (Å²) < 4.78 is 5.61. The smallest absolute Gasteiger partial charge is 0.311 e. The van der Waals surface area contributed by atoms with E-state index in [-0.39, 0.29) is 11.4 Å². The molecule has 1 aromatic carbocycles. The summed E-state index contributed by atoms with van der Waals surface area (Å²) in [6.07, 6.45) is 3.25. The highest BCUT2D eigenvalue weighted by molar-refractivity contribution is 5.50. The van der Waals surface area contributed by atoms with Gasteiger partial charge in [0.15, 0.2) is 0 Å². The second-order valence-electron chi connectivity index (χ2n) is 4.39. The van der Waals surface area contributed by atoms with Gasteiger partial charge in [0.1, 0.15) is 5.75 Å². The predicted molar refractivity (Wildman–Crippen MR) is 74.9 cm³/mol. The minimum Gasteiger partial charge on any atom is -0.448 e. The molecular weight excluding hydrogens is 258 g/mol. The molecule has 0 aliphatic carbocycles. The number of benzene rings is 1. The van der Waals surface area contributed by atoms with Crippen LogP contribution in [0.5, 0.6) is 11.5 Å². The van der Waals surface area contributed by atoms with Crippen LogP contribution in [0.15, 0.2) is 36.7 Å². The van der Waals surface area contributed by atoms with Crippen molar-refractivity contribution in [3.63, 3.8) is 0 Å². The average Bonchev–Trinajstić information content (AvgIpc) is 2.39. The van der Waals surface area contributed by atoms with Crippen molar-refractivity contribution < 1.29 is 9.66 Å². The Hall–Kier alpha value is -2.47. The van der Waals surface area contributed by atoms with E-state index in [0.717, 1.165) is 11.1 Å². The zero-order chi connectivity index (χ0) is 14.5. The van der Waals surface area contributed by atoms with Crippen LogP contribution in [0, 0.1) is 17.0 Å². The predicted octanol–water partition coefficient (Wildman–Crippen LogP) is 2.81. The van der Waals surface area contributed by atoms with E-state index < -0.39 is 4.92 Å². The number of rotatable bonds is 5. The minimum absolute atomic E-state index is 0.0605. The van der Waals surface area contributed by atoms with E-state index in [2.05, 4.69) is 10.3 Å². The van der Waals surface area contributed by atoms with Crippen LogP contribution in [-0.4, -0.2) is 17.0 Å². The SMILES string of the molecule is CNCc1cncc(Oc2cc(C)ccc2[N+](=O)[O-])c1. The molecule has 0 unspecified atom stereocenters. The molecule has 0 radical (unpaired) electrons. The van der Waals surface area contributed by atoms with Crippen molar-refractivity contribution in [3.8, 4) is 11.5 Å². The standard InChI is InChI=1S/C14H15N3O3/c1-10-3-4-13(17(18)19)14(5-10)20-12-6-11(7-15-2)8-16-9-12/h3-6,8-9,15H,7H2,1-2H3. The third-order valence-electron chi connectivity index (χ3n) is 2.69. The largest absolute Gasteiger partial charge is 0.448 e. The minimum atomic E-state index is -0.459. The van der Waals surface area contributed by atoms with E-state index in [1.165, 1.54) is 12.3 Å². The van der Waals surface area contributed by atoms with Gasteiger partial charge in [0.05, 0.1) is 11.1 Å². The Labute approximate surface area is 116 Å². The first-order chi connectivity index (χ1) is 9.60. The molecule has 2 rings (SSSR count). The summed E-state index contributed by atoms with van der Waals surface area (Å²) in [7, 11) is 1.83. The number of pyridine rings is 1. The lowest BCUT2D eigenvalue weighted by molar-refractivity contribution is -0.385. The number of hydrogen-bond acceptors (Lipinski definition) is 5. The Kier molecular flexibility index (Phi) is 4.27. The second kappa shape index (κ2) is 6.12. The number of nitro benzene ring substituents is 1. The van der Waals surface area contributed by atoms with Crippen LogP contribution in [0.1, 0.15) is 11.1 Å². The molecular formula is C14H15N3O3. The van der Waals surface area contributed by atoms with E-state index in [0.29, 0.717) is 12.3 Å². The number of nitro groups is 1. The summed E-state index contributed by atoms with van der Waals surface area (Å²) in [4.78, 5) is 14.6. The topological polar surface area (TPSA) is 77.3 Å². The lowest BCUT2D eigenvalue weighted by Crippen LogP contribution is -2.05. The van der Waals surface area contributed by atoms with Crippen molar-refractivity contribution in [1.82, 2.24) is 10.3 Å². The van der Waals surface area contributed by atoms with Crippen molar-refractivity contribution in [2.45, 2.75) is 13.5 Å². The highest BCUT2D eigenvalue weighted by atomic mass is 16.6. The lowest BCUT2D eigenvalue weighted by Gasteiger charge is -2.08. The summed E-state index contributed by atoms with van der Waals surface area (Å²) in [5.74, 6) is 0.699. The van der Waals surface area contributed by atoms with Gasteiger partial charge in [0.25, 0.3) is 0 Å². The van der Waals surface area contributed by atoms with Crippen LogP contribution >= 0.6 is 0 Å². The summed E-state index contributed by atoms with van der Waals surface area (Å²) in [6, 6.07) is 6.56. The number of aryl methyl sites for hydroxylation is 1. The van der Waals surface area contributed by atoms with E-state index in [1.807, 2.05) is 14.0 Å². The molecule has 104 valence electrons. The van der Waals surface area contributed by atoms with E-state index in [4.69, 9.17) is 4.74 Å². The molecule has 0 aliphatic heterocycles. The number of ether oxygens (including phenoxy) is 1. The number of aromatic nitrogens is 1. The van der Waals surface area contributed by atoms with Gasteiger partial charge in [-0.15, -0.1) is 0 Å². The van der Waals surface area contributed by atoms with Gasteiger partial charge in [-0.2, -0.15) is 0 Å². The molecule has 0 saturated heterocycles. The molecule has 0 aliphatic rings. The molecule has 1 aromatic heterocycles. The lowest BCUT2D eigenvalue weighted by atomic mass is 10.2. The van der Waals surface area contributed by atoms with Gasteiger partial charge in [-0.05, 0) is 37.2 Å². The van der Waals surface area contributed by atoms with Crippen molar-refractivity contribution in [1.29, 1.82) is 0 Å². The van der Waals surface area contributed by atoms with Crippen LogP contribution < -0.4 is 10.1 Å². The fourth-order valence-corrected chi connectivity index (χ4v) is 1.80. The molecule has 20 heavy (non-hydrogen) atoms. The van der Waals surface area contributed by atoms with Crippen LogP contribution in [-0.2, 0) is 6.54 Å². The normalized spacial score (nSPS) is 10.3. The molecule has 1 N–H and O–H groups in total. The molecule has 1 heterocycles. The average molecular weight is 273 g/mol. The quantitative estimate of drug-likeness (QED) is 0.669. The molecule has 6 nitrogen and oxygen atoms in total. The van der Waals surface area contributed by atoms with E-state index in [1.54, 1.807) is 24.4 Å². The van der Waals surface area contributed by atoms with Crippen LogP contribution in [0.2, 0.25) is 0 Å². The van der Waals surface area contributed by atoms with Gasteiger partial charge in [-0.25, -0.2) is 0 Å². The molecule has 0 spiro atoms. The fourth-order valence-electron chi connectivity index (χ4n) is 1.80. The zero-order valence-corrected chi connectivity index (χ0v) is 11.3. The highest BCUT2D eigenvalue weighted by Crippen LogP contribution is 2.32. The molecule has 2 aromatic rings. The van der Waals surface area contributed by atoms with Gasteiger partial charge in [0.2, 0.25) is 5.75 Å². The van der Waals surface area contributed by atoms with Crippen molar-refractivity contribution in [2.75, 3.05) is 7.05 Å². The summed E-state index contributed by atoms with van der Waals surface area (Å²) >= 11 is 0. The number of hydrogen-bond donors (Lipinski definition) is 1. The third-order valence-corrected chi connectivity index (χ3v) is 2.69. The van der Waals surface area contributed by atoms with Crippen molar-refractivity contribution in [2.24, 2.45) is 0 Å². The van der Waals surface area contributed by atoms with E-state index >= 15 is 0 Å². The molecule has 0 amide bonds. The molecule has 6 heteroatoms. The summed E-state index contributed by atoms with van der Waals surface area (Å²) in [5.41, 5.74) is 1.78. The van der Waals surface area contributed by atoms with Gasteiger partial charge in [0, 0.05) is 18.8 Å². The summed E-state index contributed by atoms with van der Waals surface area (Å²) in [6.45, 7) is 2.51. The Morgan fingerprint density at radius 2 is 2.15 bits per heavy atom. The molecule has 0 fully saturated rings. The highest BCUT2D eigenvalue weighted by Gasteiger charge is 2.15. The molecule has 0 saturated carbocycles. The Morgan fingerprint density at radius 1 is 1.35 bits per heavy atom. The second-order valence-corrected chi connectivity index (χ2v) is 4.39. The maximum atomic E-state index is 11.0. The van der Waals surface area contributed by atoms with Crippen molar-refractivity contribution in [3.05, 3.63) is 57.9 Å². The maximum absolute atomic E-state index is 11.0. The molecule has 0 atom stereocenters. The van der Waals surface area contributed by atoms with Gasteiger partial charge < -0.3 is 10.1 Å². The number of nitrogens with zero attached hydrogens (tertiary/aromatic N) is 2. The zero-order valence-electron chi connectivity index (χ0n) is 11.3. The fraction of sp³-hybridized carbons (Fsp3) is 0.214. The monoisotopic (exact) mass is 273 g/mol. The Bertz CT molecular complexity index is 629. The maximum Gasteiger partial charge on any atom is 0.311 e. The van der Waals surface area contributed by atoms with Gasteiger partial charge >= 0.3 is 5.69 Å². The first-order valence-electron chi connectivity index (χ1n) is 6.11. The Morgan fingerprint density at radius 3 is 2.85 bits per heavy atom. The van der Waals surface area contributed by atoms with Crippen LogP contribution in [0.4, 0.5) is 5.69 Å². The van der Waals surface area contributed by atoms with Gasteiger partial charge in [-0.3, -0.25) is 15.1 Å². The first kappa shape index (κ1) is 14.0. The van der Waals surface area contributed by atoms with E-state index in [9.17, 15) is 10.1 Å². The summed E-state index contributed by atoms with van der Waals surface area (Å²) in [5, 5.41) is 14.0.